The highest BCUT2D eigenvalue weighted by atomic mass is 32.1. The molecule has 0 saturated carbocycles. The number of aromatic nitrogens is 1. The molecule has 1 fully saturated rings. The van der Waals surface area contributed by atoms with Crippen molar-refractivity contribution in [3.05, 3.63) is 46.5 Å². The molecule has 1 unspecified atom stereocenters. The molecule has 7 heteroatoms. The van der Waals surface area contributed by atoms with E-state index in [2.05, 4.69) is 10.3 Å². The summed E-state index contributed by atoms with van der Waals surface area (Å²) in [6.45, 7) is 5.20. The average molecular weight is 398 g/mol. The van der Waals surface area contributed by atoms with Gasteiger partial charge in [0.05, 0.1) is 10.8 Å². The summed E-state index contributed by atoms with van der Waals surface area (Å²) in [5, 5.41) is 4.88. The molecule has 3 heterocycles. The van der Waals surface area contributed by atoms with Gasteiger partial charge in [-0.1, -0.05) is 19.9 Å². The third-order valence-corrected chi connectivity index (χ3v) is 5.83. The molecular formula is C21H23N3O3S. The molecule has 0 aliphatic carbocycles. The largest absolute Gasteiger partial charge is 0.440 e. The molecular weight excluding hydrogens is 374 g/mol. The Hall–Kier alpha value is -2.67. The third-order valence-electron chi connectivity index (χ3n) is 4.98. The van der Waals surface area contributed by atoms with Gasteiger partial charge in [0.1, 0.15) is 5.52 Å². The lowest BCUT2D eigenvalue weighted by Gasteiger charge is -2.31. The molecule has 2 amide bonds. The minimum Gasteiger partial charge on any atom is -0.440 e. The number of rotatable bonds is 4. The number of thiophene rings is 1. The summed E-state index contributed by atoms with van der Waals surface area (Å²) in [6, 6.07) is 9.19. The number of hydrogen-bond acceptors (Lipinski definition) is 5. The Morgan fingerprint density at radius 3 is 2.93 bits per heavy atom. The van der Waals surface area contributed by atoms with Crippen molar-refractivity contribution in [1.29, 1.82) is 0 Å². The van der Waals surface area contributed by atoms with Gasteiger partial charge in [-0.3, -0.25) is 9.59 Å². The fourth-order valence-electron chi connectivity index (χ4n) is 3.45. The van der Waals surface area contributed by atoms with E-state index in [0.717, 1.165) is 23.2 Å². The lowest BCUT2D eigenvalue weighted by molar-refractivity contribution is -0.121. The van der Waals surface area contributed by atoms with E-state index in [4.69, 9.17) is 4.42 Å². The standard InChI is InChI=1S/C21H23N3O3S/c1-13(2)20-23-16-11-15(7-8-17(16)27-20)22-19(25)14-5-3-9-24(12-14)21(26)18-6-4-10-28-18/h4,6-8,10-11,13-14H,3,5,9,12H2,1-2H3,(H,22,25). The molecule has 1 atom stereocenters. The van der Waals surface area contributed by atoms with Crippen LogP contribution in [0.15, 0.2) is 40.1 Å². The maximum absolute atomic E-state index is 12.8. The summed E-state index contributed by atoms with van der Waals surface area (Å²) in [7, 11) is 0. The van der Waals surface area contributed by atoms with Gasteiger partial charge in [-0.25, -0.2) is 4.98 Å². The minimum absolute atomic E-state index is 0.0118. The lowest BCUT2D eigenvalue weighted by atomic mass is 9.97. The van der Waals surface area contributed by atoms with E-state index < -0.39 is 0 Å². The number of fused-ring (bicyclic) bond motifs is 1. The SMILES string of the molecule is CC(C)c1nc2cc(NC(=O)C3CCCN(C(=O)c4cccs4)C3)ccc2o1. The van der Waals surface area contributed by atoms with Crippen molar-refractivity contribution in [3.8, 4) is 0 Å². The summed E-state index contributed by atoms with van der Waals surface area (Å²) >= 11 is 1.43. The van der Waals surface area contributed by atoms with Crippen LogP contribution >= 0.6 is 11.3 Å². The van der Waals surface area contributed by atoms with Crippen LogP contribution in [0.2, 0.25) is 0 Å². The molecule has 4 rings (SSSR count). The molecule has 146 valence electrons. The Morgan fingerprint density at radius 1 is 1.32 bits per heavy atom. The molecule has 1 N–H and O–H groups in total. The van der Waals surface area contributed by atoms with Gasteiger partial charge in [0.25, 0.3) is 5.91 Å². The predicted octanol–water partition coefficient (Wildman–Crippen LogP) is 4.50. The summed E-state index contributed by atoms with van der Waals surface area (Å²) < 4.78 is 5.71. The number of hydrogen-bond donors (Lipinski definition) is 1. The zero-order valence-corrected chi connectivity index (χ0v) is 16.8. The van der Waals surface area contributed by atoms with Crippen molar-refractivity contribution in [2.75, 3.05) is 18.4 Å². The number of likely N-dealkylation sites (tertiary alicyclic amines) is 1. The van der Waals surface area contributed by atoms with Crippen LogP contribution in [-0.2, 0) is 4.79 Å². The van der Waals surface area contributed by atoms with E-state index in [1.54, 1.807) is 4.90 Å². The molecule has 1 aliphatic rings. The maximum Gasteiger partial charge on any atom is 0.263 e. The van der Waals surface area contributed by atoms with Crippen LogP contribution in [0, 0.1) is 5.92 Å². The fourth-order valence-corrected chi connectivity index (χ4v) is 4.14. The van der Waals surface area contributed by atoms with Crippen LogP contribution in [-0.4, -0.2) is 34.8 Å². The highest BCUT2D eigenvalue weighted by Gasteiger charge is 2.29. The number of oxazole rings is 1. The Kier molecular flexibility index (Phi) is 5.17. The second-order valence-electron chi connectivity index (χ2n) is 7.45. The summed E-state index contributed by atoms with van der Waals surface area (Å²) in [4.78, 5) is 32.4. The number of anilines is 1. The summed E-state index contributed by atoms with van der Waals surface area (Å²) in [5.74, 6) is 0.637. The summed E-state index contributed by atoms with van der Waals surface area (Å²) in [5.41, 5.74) is 2.15. The quantitative estimate of drug-likeness (QED) is 0.703. The highest BCUT2D eigenvalue weighted by molar-refractivity contribution is 7.12. The fraction of sp³-hybridized carbons (Fsp3) is 0.381. The Morgan fingerprint density at radius 2 is 2.18 bits per heavy atom. The van der Waals surface area contributed by atoms with Crippen LogP contribution in [0.3, 0.4) is 0 Å². The van der Waals surface area contributed by atoms with Crippen molar-refractivity contribution in [2.45, 2.75) is 32.6 Å². The van der Waals surface area contributed by atoms with Gasteiger partial charge < -0.3 is 14.6 Å². The lowest BCUT2D eigenvalue weighted by Crippen LogP contribution is -2.43. The van der Waals surface area contributed by atoms with Crippen molar-refractivity contribution in [2.24, 2.45) is 5.92 Å². The number of amides is 2. The van der Waals surface area contributed by atoms with E-state index in [9.17, 15) is 9.59 Å². The molecule has 28 heavy (non-hydrogen) atoms. The van der Waals surface area contributed by atoms with Crippen LogP contribution in [0.25, 0.3) is 11.1 Å². The van der Waals surface area contributed by atoms with Gasteiger partial charge in [0.15, 0.2) is 11.5 Å². The van der Waals surface area contributed by atoms with Crippen LogP contribution in [0.4, 0.5) is 5.69 Å². The van der Waals surface area contributed by atoms with E-state index in [1.807, 2.05) is 49.6 Å². The number of carbonyl (C=O) groups excluding carboxylic acids is 2. The average Bonchev–Trinajstić information content (AvgIpc) is 3.37. The van der Waals surface area contributed by atoms with Crippen molar-refractivity contribution >= 4 is 39.9 Å². The molecule has 0 radical (unpaired) electrons. The van der Waals surface area contributed by atoms with Crippen molar-refractivity contribution in [3.63, 3.8) is 0 Å². The number of piperidine rings is 1. The predicted molar refractivity (Wildman–Crippen MR) is 110 cm³/mol. The van der Waals surface area contributed by atoms with Gasteiger partial charge in [-0.05, 0) is 42.5 Å². The van der Waals surface area contributed by atoms with Gasteiger partial charge in [-0.2, -0.15) is 0 Å². The molecule has 1 aliphatic heterocycles. The van der Waals surface area contributed by atoms with Gasteiger partial charge in [0, 0.05) is 24.7 Å². The van der Waals surface area contributed by atoms with Crippen molar-refractivity contribution in [1.82, 2.24) is 9.88 Å². The zero-order valence-electron chi connectivity index (χ0n) is 16.0. The van der Waals surface area contributed by atoms with Gasteiger partial charge in [0.2, 0.25) is 5.91 Å². The first-order valence-corrected chi connectivity index (χ1v) is 10.4. The molecule has 0 bridgehead atoms. The summed E-state index contributed by atoms with van der Waals surface area (Å²) in [6.07, 6.45) is 1.61. The number of nitrogens with one attached hydrogen (secondary N) is 1. The van der Waals surface area contributed by atoms with E-state index in [-0.39, 0.29) is 23.7 Å². The first kappa shape index (κ1) is 18.7. The first-order valence-electron chi connectivity index (χ1n) is 9.55. The van der Waals surface area contributed by atoms with E-state index in [0.29, 0.717) is 30.3 Å². The number of nitrogens with zero attached hydrogens (tertiary/aromatic N) is 2. The van der Waals surface area contributed by atoms with Crippen molar-refractivity contribution < 1.29 is 14.0 Å². The Labute approximate surface area is 167 Å². The van der Waals surface area contributed by atoms with Crippen LogP contribution < -0.4 is 5.32 Å². The van der Waals surface area contributed by atoms with E-state index >= 15 is 0 Å². The third kappa shape index (κ3) is 3.80. The normalized spacial score (nSPS) is 17.2. The van der Waals surface area contributed by atoms with E-state index in [1.165, 1.54) is 11.3 Å². The monoisotopic (exact) mass is 397 g/mol. The molecule has 2 aromatic heterocycles. The molecule has 1 saturated heterocycles. The first-order chi connectivity index (χ1) is 13.5. The molecule has 0 spiro atoms. The van der Waals surface area contributed by atoms with Crippen LogP contribution in [0.1, 0.15) is 48.2 Å². The maximum atomic E-state index is 12.8. The Bertz CT molecular complexity index is 994. The number of carbonyl (C=O) groups is 2. The highest BCUT2D eigenvalue weighted by Crippen LogP contribution is 2.25. The Balaban J connectivity index is 1.44. The smallest absolute Gasteiger partial charge is 0.263 e. The topological polar surface area (TPSA) is 75.4 Å². The number of benzene rings is 1. The van der Waals surface area contributed by atoms with Gasteiger partial charge >= 0.3 is 0 Å². The van der Waals surface area contributed by atoms with Gasteiger partial charge in [-0.15, -0.1) is 11.3 Å². The molecule has 6 nitrogen and oxygen atoms in total. The second-order valence-corrected chi connectivity index (χ2v) is 8.39. The molecule has 1 aromatic carbocycles. The van der Waals surface area contributed by atoms with Crippen LogP contribution in [0.5, 0.6) is 0 Å². The second kappa shape index (κ2) is 7.75. The minimum atomic E-state index is -0.211. The molecule has 3 aromatic rings. The zero-order chi connectivity index (χ0) is 19.7.